The highest BCUT2D eigenvalue weighted by molar-refractivity contribution is 7.99. The quantitative estimate of drug-likeness (QED) is 0.879. The second-order valence-corrected chi connectivity index (χ2v) is 6.82. The number of nitrogens with one attached hydrogen (secondary N) is 1. The number of rotatable bonds is 4. The lowest BCUT2D eigenvalue weighted by molar-refractivity contribution is 0.629. The number of aromatic nitrogens is 4. The van der Waals surface area contributed by atoms with Crippen molar-refractivity contribution in [3.63, 3.8) is 0 Å². The monoisotopic (exact) mass is 292 g/mol. The van der Waals surface area contributed by atoms with Crippen LogP contribution >= 0.6 is 11.8 Å². The van der Waals surface area contributed by atoms with Gasteiger partial charge in [0, 0.05) is 17.0 Å². The third-order valence-corrected chi connectivity index (χ3v) is 4.73. The zero-order chi connectivity index (χ0) is 14.1. The molecule has 1 N–H and O–H groups in total. The van der Waals surface area contributed by atoms with Crippen LogP contribution in [0.4, 0.5) is 0 Å². The van der Waals surface area contributed by atoms with Crippen LogP contribution in [0.25, 0.3) is 5.78 Å². The van der Waals surface area contributed by atoms with E-state index in [1.165, 1.54) is 0 Å². The Kier molecular flexibility index (Phi) is 3.83. The number of aromatic amines is 1. The second-order valence-electron chi connectivity index (χ2n) is 5.76. The lowest BCUT2D eigenvalue weighted by atomic mass is 9.97. The number of hydrogen-bond donors (Lipinski definition) is 1. The zero-order valence-corrected chi connectivity index (χ0v) is 12.8. The number of H-pyrrole nitrogens is 1. The average Bonchev–Trinajstić information content (AvgIpc) is 2.82. The predicted octanol–water partition coefficient (Wildman–Crippen LogP) is 2.43. The first kappa shape index (κ1) is 13.7. The van der Waals surface area contributed by atoms with E-state index >= 15 is 0 Å². The van der Waals surface area contributed by atoms with Gasteiger partial charge in [-0.25, -0.2) is 0 Å². The first-order valence-corrected chi connectivity index (χ1v) is 8.27. The number of aryl methyl sites for hydroxylation is 1. The predicted molar refractivity (Wildman–Crippen MR) is 80.4 cm³/mol. The first-order valence-electron chi connectivity index (χ1n) is 7.29. The van der Waals surface area contributed by atoms with Crippen LogP contribution in [0.5, 0.6) is 0 Å². The summed E-state index contributed by atoms with van der Waals surface area (Å²) in [6, 6.07) is 0. The molecule has 2 aromatic rings. The molecule has 0 fully saturated rings. The van der Waals surface area contributed by atoms with E-state index in [0.29, 0.717) is 11.7 Å². The van der Waals surface area contributed by atoms with E-state index in [0.717, 1.165) is 54.3 Å². The van der Waals surface area contributed by atoms with Crippen molar-refractivity contribution >= 4 is 17.5 Å². The molecule has 6 heteroatoms. The minimum Gasteiger partial charge on any atom is -0.290 e. The van der Waals surface area contributed by atoms with Crippen molar-refractivity contribution in [2.45, 2.75) is 51.1 Å². The van der Waals surface area contributed by atoms with Crippen molar-refractivity contribution in [1.29, 1.82) is 0 Å². The summed E-state index contributed by atoms with van der Waals surface area (Å²) in [7, 11) is 0. The highest BCUT2D eigenvalue weighted by atomic mass is 32.2. The van der Waals surface area contributed by atoms with Gasteiger partial charge < -0.3 is 0 Å². The van der Waals surface area contributed by atoms with Crippen molar-refractivity contribution < 1.29 is 0 Å². The SMILES string of the molecule is CC(C)CCSc1nnc2[nH]c(=O)c3c(n12)CCCC3. The standard InChI is InChI=1S/C14H20N4OS/c1-9(2)7-8-20-14-17-16-13-15-12(19)10-5-3-4-6-11(10)18(13)14/h9H,3-8H2,1-2H3,(H,15,16,19). The molecule has 20 heavy (non-hydrogen) atoms. The topological polar surface area (TPSA) is 63.0 Å². The fourth-order valence-electron chi connectivity index (χ4n) is 2.63. The number of hydrogen-bond acceptors (Lipinski definition) is 4. The van der Waals surface area contributed by atoms with Gasteiger partial charge in [-0.1, -0.05) is 25.6 Å². The van der Waals surface area contributed by atoms with Crippen LogP contribution < -0.4 is 5.56 Å². The van der Waals surface area contributed by atoms with E-state index in [4.69, 9.17) is 0 Å². The summed E-state index contributed by atoms with van der Waals surface area (Å²) in [6.07, 6.45) is 5.21. The van der Waals surface area contributed by atoms with Crippen molar-refractivity contribution in [3.05, 3.63) is 21.6 Å². The molecule has 2 aromatic heterocycles. The summed E-state index contributed by atoms with van der Waals surface area (Å²) in [6.45, 7) is 4.45. The third kappa shape index (κ3) is 2.49. The van der Waals surface area contributed by atoms with Crippen LogP contribution in [0.15, 0.2) is 9.95 Å². The van der Waals surface area contributed by atoms with Crippen molar-refractivity contribution in [1.82, 2.24) is 19.6 Å². The summed E-state index contributed by atoms with van der Waals surface area (Å²) in [5.74, 6) is 2.31. The van der Waals surface area contributed by atoms with Gasteiger partial charge in [0.1, 0.15) is 0 Å². The molecule has 0 amide bonds. The van der Waals surface area contributed by atoms with Crippen molar-refractivity contribution in [3.8, 4) is 0 Å². The smallest absolute Gasteiger partial charge is 0.255 e. The summed E-state index contributed by atoms with van der Waals surface area (Å²) in [5.41, 5.74) is 2.06. The molecular weight excluding hydrogens is 272 g/mol. The molecule has 1 aliphatic rings. The maximum Gasteiger partial charge on any atom is 0.255 e. The van der Waals surface area contributed by atoms with Crippen molar-refractivity contribution in [2.24, 2.45) is 5.92 Å². The van der Waals surface area contributed by atoms with E-state index in [9.17, 15) is 4.79 Å². The Bertz CT molecular complexity index is 674. The van der Waals surface area contributed by atoms with Crippen LogP contribution in [0.3, 0.4) is 0 Å². The lowest BCUT2D eigenvalue weighted by Gasteiger charge is -2.16. The lowest BCUT2D eigenvalue weighted by Crippen LogP contribution is -2.22. The Labute approximate surface area is 122 Å². The molecule has 0 atom stereocenters. The van der Waals surface area contributed by atoms with E-state index in [2.05, 4.69) is 33.4 Å². The Morgan fingerprint density at radius 1 is 1.30 bits per heavy atom. The molecule has 2 heterocycles. The molecule has 0 radical (unpaired) electrons. The van der Waals surface area contributed by atoms with Crippen LogP contribution in [-0.2, 0) is 12.8 Å². The van der Waals surface area contributed by atoms with Gasteiger partial charge >= 0.3 is 0 Å². The van der Waals surface area contributed by atoms with Gasteiger partial charge in [-0.3, -0.25) is 14.2 Å². The Morgan fingerprint density at radius 2 is 2.10 bits per heavy atom. The number of fused-ring (bicyclic) bond motifs is 3. The molecule has 3 rings (SSSR count). The summed E-state index contributed by atoms with van der Waals surface area (Å²) >= 11 is 1.73. The Balaban J connectivity index is 2.00. The maximum absolute atomic E-state index is 12.0. The fourth-order valence-corrected chi connectivity index (χ4v) is 3.83. The number of nitrogens with zero attached hydrogens (tertiary/aromatic N) is 3. The van der Waals surface area contributed by atoms with Crippen LogP contribution in [0, 0.1) is 5.92 Å². The van der Waals surface area contributed by atoms with E-state index < -0.39 is 0 Å². The Morgan fingerprint density at radius 3 is 2.90 bits per heavy atom. The molecule has 0 unspecified atom stereocenters. The largest absolute Gasteiger partial charge is 0.290 e. The molecule has 0 aromatic carbocycles. The van der Waals surface area contributed by atoms with Gasteiger partial charge in [-0.15, -0.1) is 10.2 Å². The van der Waals surface area contributed by atoms with Crippen molar-refractivity contribution in [2.75, 3.05) is 5.75 Å². The van der Waals surface area contributed by atoms with Crippen LogP contribution in [-0.4, -0.2) is 25.3 Å². The fraction of sp³-hybridized carbons (Fsp3) is 0.643. The first-order chi connectivity index (χ1) is 9.66. The number of thioether (sulfide) groups is 1. The highest BCUT2D eigenvalue weighted by Crippen LogP contribution is 2.24. The molecule has 0 saturated heterocycles. The normalized spacial score (nSPS) is 14.9. The van der Waals surface area contributed by atoms with E-state index in [-0.39, 0.29) is 5.56 Å². The second kappa shape index (κ2) is 5.60. The van der Waals surface area contributed by atoms with Gasteiger partial charge in [0.25, 0.3) is 5.56 Å². The van der Waals surface area contributed by atoms with Gasteiger partial charge in [0.05, 0.1) is 0 Å². The molecule has 108 valence electrons. The van der Waals surface area contributed by atoms with Crippen LogP contribution in [0.2, 0.25) is 0 Å². The minimum atomic E-state index is 0.0123. The zero-order valence-electron chi connectivity index (χ0n) is 12.0. The summed E-state index contributed by atoms with van der Waals surface area (Å²) in [4.78, 5) is 14.9. The Hall–Kier alpha value is -1.30. The molecule has 5 nitrogen and oxygen atoms in total. The van der Waals surface area contributed by atoms with Gasteiger partial charge in [0.15, 0.2) is 5.16 Å². The highest BCUT2D eigenvalue weighted by Gasteiger charge is 2.20. The molecule has 0 spiro atoms. The van der Waals surface area contributed by atoms with Gasteiger partial charge in [0.2, 0.25) is 5.78 Å². The molecular formula is C14H20N4OS. The maximum atomic E-state index is 12.0. The molecule has 0 aliphatic heterocycles. The van der Waals surface area contributed by atoms with Gasteiger partial charge in [-0.2, -0.15) is 0 Å². The molecule has 1 aliphatic carbocycles. The van der Waals surface area contributed by atoms with E-state index in [1.54, 1.807) is 11.8 Å². The summed E-state index contributed by atoms with van der Waals surface area (Å²) < 4.78 is 2.06. The third-order valence-electron chi connectivity index (χ3n) is 3.77. The minimum absolute atomic E-state index is 0.0123. The average molecular weight is 292 g/mol. The van der Waals surface area contributed by atoms with E-state index in [1.807, 2.05) is 0 Å². The van der Waals surface area contributed by atoms with Gasteiger partial charge in [-0.05, 0) is 38.0 Å². The molecule has 0 bridgehead atoms. The molecule has 0 saturated carbocycles. The summed E-state index contributed by atoms with van der Waals surface area (Å²) in [5, 5.41) is 9.28. The van der Waals surface area contributed by atoms with Crippen LogP contribution in [0.1, 0.15) is 44.4 Å².